The van der Waals surface area contributed by atoms with Crippen LogP contribution in [0.1, 0.15) is 41.3 Å². The van der Waals surface area contributed by atoms with Gasteiger partial charge in [0.05, 0.1) is 5.60 Å². The number of imide groups is 1. The molecule has 2 fully saturated rings. The van der Waals surface area contributed by atoms with Crippen LogP contribution in [0.4, 0.5) is 4.39 Å². The number of benzene rings is 1. The second-order valence-electron chi connectivity index (χ2n) is 9.05. The van der Waals surface area contributed by atoms with Crippen LogP contribution in [0.15, 0.2) is 30.5 Å². The molecule has 3 aliphatic rings. The fourth-order valence-electron chi connectivity index (χ4n) is 4.80. The quantitative estimate of drug-likeness (QED) is 0.696. The Bertz CT molecular complexity index is 1140. The molecule has 3 amide bonds. The summed E-state index contributed by atoms with van der Waals surface area (Å²) in [6, 6.07) is 5.98. The number of likely N-dealkylation sites (tertiary alicyclic amines) is 1. The largest absolute Gasteiger partial charge is 0.388 e. The monoisotopic (exact) mass is 438 g/mol. The van der Waals surface area contributed by atoms with Crippen molar-refractivity contribution in [1.29, 1.82) is 0 Å². The first-order valence-electron chi connectivity index (χ1n) is 10.6. The number of carbonyl (C=O) groups is 3. The Labute approximate surface area is 184 Å². The predicted octanol–water partition coefficient (Wildman–Crippen LogP) is 1.22. The van der Waals surface area contributed by atoms with Gasteiger partial charge in [-0.3, -0.25) is 29.6 Å². The van der Waals surface area contributed by atoms with Gasteiger partial charge in [0.25, 0.3) is 5.91 Å². The molecule has 0 radical (unpaired) electrons. The zero-order valence-corrected chi connectivity index (χ0v) is 17.6. The summed E-state index contributed by atoms with van der Waals surface area (Å²) >= 11 is 0. The van der Waals surface area contributed by atoms with Crippen LogP contribution < -0.4 is 5.32 Å². The Balaban J connectivity index is 1.38. The van der Waals surface area contributed by atoms with Gasteiger partial charge in [0.15, 0.2) is 5.82 Å². The molecule has 2 aromatic rings. The summed E-state index contributed by atoms with van der Waals surface area (Å²) in [4.78, 5) is 44.1. The average Bonchev–Trinajstić information content (AvgIpc) is 3.04. The summed E-state index contributed by atoms with van der Waals surface area (Å²) in [5, 5.41) is 12.2. The molecule has 2 saturated heterocycles. The number of nitrogens with zero attached hydrogens (tertiary/aromatic N) is 3. The Hall–Kier alpha value is -3.17. The number of piperidine rings is 1. The van der Waals surface area contributed by atoms with E-state index in [0.717, 1.165) is 0 Å². The highest BCUT2D eigenvalue weighted by atomic mass is 19.1. The average molecular weight is 438 g/mol. The number of nitrogens with one attached hydrogen (secondary N) is 1. The van der Waals surface area contributed by atoms with Gasteiger partial charge >= 0.3 is 0 Å². The molecule has 1 atom stereocenters. The summed E-state index contributed by atoms with van der Waals surface area (Å²) in [5.74, 6) is -1.49. The molecule has 32 heavy (non-hydrogen) atoms. The van der Waals surface area contributed by atoms with Crippen LogP contribution in [-0.2, 0) is 22.7 Å². The molecule has 0 aliphatic carbocycles. The number of carbonyl (C=O) groups excluding carboxylic acids is 3. The summed E-state index contributed by atoms with van der Waals surface area (Å²) in [7, 11) is 0. The number of β-amino-alcohol motifs (C(OH)–C–C–N with tert-alkyl or cyclic N) is 1. The fraction of sp³-hybridized carbons (Fsp3) is 0.391. The molecule has 1 aromatic heterocycles. The maximum absolute atomic E-state index is 15.2. The van der Waals surface area contributed by atoms with Crippen LogP contribution in [0.25, 0.3) is 11.3 Å². The first-order chi connectivity index (χ1) is 15.2. The Morgan fingerprint density at radius 2 is 2.03 bits per heavy atom. The lowest BCUT2D eigenvalue weighted by molar-refractivity contribution is -0.136. The highest BCUT2D eigenvalue weighted by Crippen LogP contribution is 2.32. The molecule has 4 heterocycles. The molecule has 0 spiro atoms. The third-order valence-electron chi connectivity index (χ3n) is 6.29. The third-order valence-corrected chi connectivity index (χ3v) is 6.29. The maximum atomic E-state index is 15.2. The standard InChI is InChI=1S/C23H23FN4O4/c1-23(32)11-27(12-23)9-14-6-7-25-20(19(14)24)13-2-3-16-15(8-13)10-28(22(16)31)17-4-5-18(29)26-21(17)30/h2-3,6-8,17,32H,4-5,9-12H2,1H3,(H,26,29,30). The molecule has 1 unspecified atom stereocenters. The van der Waals surface area contributed by atoms with Crippen LogP contribution >= 0.6 is 0 Å². The van der Waals surface area contributed by atoms with Crippen LogP contribution in [0.5, 0.6) is 0 Å². The zero-order valence-electron chi connectivity index (χ0n) is 17.6. The van der Waals surface area contributed by atoms with Gasteiger partial charge in [-0.2, -0.15) is 0 Å². The van der Waals surface area contributed by atoms with Gasteiger partial charge in [-0.05, 0) is 37.1 Å². The summed E-state index contributed by atoms with van der Waals surface area (Å²) in [5.41, 5.74) is 1.68. The third kappa shape index (κ3) is 3.57. The lowest BCUT2D eigenvalue weighted by Crippen LogP contribution is -2.59. The number of pyridine rings is 1. The minimum atomic E-state index is -0.729. The van der Waals surface area contributed by atoms with Crippen LogP contribution in [-0.4, -0.2) is 62.3 Å². The van der Waals surface area contributed by atoms with E-state index in [1.807, 2.05) is 4.90 Å². The molecular formula is C23H23FN4O4. The van der Waals surface area contributed by atoms with Crippen molar-refractivity contribution < 1.29 is 23.9 Å². The molecule has 2 N–H and O–H groups in total. The summed E-state index contributed by atoms with van der Waals surface area (Å²) in [6.45, 7) is 3.33. The number of fused-ring (bicyclic) bond motifs is 1. The zero-order chi connectivity index (χ0) is 22.6. The molecule has 5 rings (SSSR count). The molecule has 166 valence electrons. The van der Waals surface area contributed by atoms with Crippen molar-refractivity contribution in [2.45, 2.75) is 44.5 Å². The number of hydrogen-bond acceptors (Lipinski definition) is 6. The van der Waals surface area contributed by atoms with E-state index >= 15 is 4.39 Å². The maximum Gasteiger partial charge on any atom is 0.255 e. The second-order valence-corrected chi connectivity index (χ2v) is 9.05. The topological polar surface area (TPSA) is 103 Å². The van der Waals surface area contributed by atoms with Gasteiger partial charge in [-0.1, -0.05) is 6.07 Å². The van der Waals surface area contributed by atoms with Crippen molar-refractivity contribution in [1.82, 2.24) is 20.1 Å². The van der Waals surface area contributed by atoms with Crippen molar-refractivity contribution in [2.24, 2.45) is 0 Å². The van der Waals surface area contributed by atoms with E-state index in [0.29, 0.717) is 48.3 Å². The highest BCUT2D eigenvalue weighted by Gasteiger charge is 2.39. The van der Waals surface area contributed by atoms with Crippen molar-refractivity contribution in [3.8, 4) is 11.3 Å². The first kappa shape index (κ1) is 20.7. The number of rotatable bonds is 4. The van der Waals surface area contributed by atoms with Gasteiger partial charge < -0.3 is 10.0 Å². The van der Waals surface area contributed by atoms with Gasteiger partial charge in [-0.15, -0.1) is 0 Å². The molecule has 9 heteroatoms. The molecule has 1 aromatic carbocycles. The number of aliphatic hydroxyl groups is 1. The summed E-state index contributed by atoms with van der Waals surface area (Å²) < 4.78 is 15.2. The normalized spacial score (nSPS) is 22.5. The van der Waals surface area contributed by atoms with Crippen molar-refractivity contribution in [2.75, 3.05) is 13.1 Å². The van der Waals surface area contributed by atoms with Crippen LogP contribution in [0.2, 0.25) is 0 Å². The van der Waals surface area contributed by atoms with Crippen molar-refractivity contribution >= 4 is 17.7 Å². The highest BCUT2D eigenvalue weighted by molar-refractivity contribution is 6.05. The minimum Gasteiger partial charge on any atom is -0.388 e. The van der Waals surface area contributed by atoms with E-state index in [1.54, 1.807) is 37.4 Å². The molecule has 8 nitrogen and oxygen atoms in total. The lowest BCUT2D eigenvalue weighted by atomic mass is 9.96. The van der Waals surface area contributed by atoms with Crippen molar-refractivity contribution in [3.05, 3.63) is 53.0 Å². The molecule has 0 saturated carbocycles. The predicted molar refractivity (Wildman–Crippen MR) is 112 cm³/mol. The smallest absolute Gasteiger partial charge is 0.255 e. The Morgan fingerprint density at radius 3 is 2.75 bits per heavy atom. The fourth-order valence-corrected chi connectivity index (χ4v) is 4.80. The molecule has 0 bridgehead atoms. The second kappa shape index (κ2) is 7.46. The van der Waals surface area contributed by atoms with Gasteiger partial charge in [0, 0.05) is 55.5 Å². The van der Waals surface area contributed by atoms with Gasteiger partial charge in [-0.25, -0.2) is 4.39 Å². The van der Waals surface area contributed by atoms with E-state index in [1.165, 1.54) is 4.90 Å². The molecule has 3 aliphatic heterocycles. The van der Waals surface area contributed by atoms with Gasteiger partial charge in [0.2, 0.25) is 11.8 Å². The van der Waals surface area contributed by atoms with Crippen LogP contribution in [0, 0.1) is 5.82 Å². The number of amides is 3. The molecular weight excluding hydrogens is 415 g/mol. The van der Waals surface area contributed by atoms with E-state index in [-0.39, 0.29) is 30.5 Å². The van der Waals surface area contributed by atoms with E-state index in [4.69, 9.17) is 0 Å². The first-order valence-corrected chi connectivity index (χ1v) is 10.6. The van der Waals surface area contributed by atoms with E-state index in [2.05, 4.69) is 10.3 Å². The number of aromatic nitrogens is 1. The van der Waals surface area contributed by atoms with Crippen LogP contribution in [0.3, 0.4) is 0 Å². The Kier molecular flexibility index (Phi) is 4.83. The van der Waals surface area contributed by atoms with Crippen molar-refractivity contribution in [3.63, 3.8) is 0 Å². The SMILES string of the molecule is CC1(O)CN(Cc2ccnc(-c3ccc4c(c3)CN(C3CCC(=O)NC3=O)C4=O)c2F)C1. The van der Waals surface area contributed by atoms with E-state index < -0.39 is 23.4 Å². The summed E-state index contributed by atoms with van der Waals surface area (Å²) in [6.07, 6.45) is 2.04. The number of halogens is 1. The minimum absolute atomic E-state index is 0.191. The van der Waals surface area contributed by atoms with E-state index in [9.17, 15) is 19.5 Å². The number of hydrogen-bond donors (Lipinski definition) is 2. The Morgan fingerprint density at radius 1 is 1.25 bits per heavy atom. The lowest BCUT2D eigenvalue weighted by Gasteiger charge is -2.44. The van der Waals surface area contributed by atoms with Gasteiger partial charge in [0.1, 0.15) is 11.7 Å².